The number of halogens is 1. The third kappa shape index (κ3) is 4.47. The Morgan fingerprint density at radius 3 is 2.82 bits per heavy atom. The first-order valence-electron chi connectivity index (χ1n) is 5.32. The zero-order chi connectivity index (χ0) is 12.8. The van der Waals surface area contributed by atoms with E-state index in [2.05, 4.69) is 5.32 Å². The summed E-state index contributed by atoms with van der Waals surface area (Å²) < 4.78 is 5.91. The van der Waals surface area contributed by atoms with E-state index in [1.165, 1.54) is 6.07 Å². The third-order valence-corrected chi connectivity index (χ3v) is 2.99. The monoisotopic (exact) mass is 350 g/mol. The molecule has 6 heteroatoms. The highest BCUT2D eigenvalue weighted by atomic mass is 127. The van der Waals surface area contributed by atoms with Gasteiger partial charge in [0, 0.05) is 24.4 Å². The zero-order valence-corrected chi connectivity index (χ0v) is 11.9. The van der Waals surface area contributed by atoms with E-state index in [1.807, 2.05) is 36.4 Å². The average Bonchev–Trinajstić information content (AvgIpc) is 2.26. The molecule has 0 bridgehead atoms. The van der Waals surface area contributed by atoms with Crippen LogP contribution in [0, 0.1) is 13.7 Å². The van der Waals surface area contributed by atoms with Crippen LogP contribution in [0.15, 0.2) is 18.2 Å². The number of hydrogen-bond donors (Lipinski definition) is 1. The number of nitro benzene ring substituents is 1. The Morgan fingerprint density at radius 2 is 2.29 bits per heavy atom. The van der Waals surface area contributed by atoms with E-state index < -0.39 is 0 Å². The van der Waals surface area contributed by atoms with Gasteiger partial charge in [0.15, 0.2) is 0 Å². The fourth-order valence-electron chi connectivity index (χ4n) is 1.37. The molecular weight excluding hydrogens is 335 g/mol. The Labute approximate surface area is 114 Å². The number of anilines is 1. The first kappa shape index (κ1) is 14.2. The van der Waals surface area contributed by atoms with Crippen molar-refractivity contribution in [2.45, 2.75) is 19.9 Å². The highest BCUT2D eigenvalue weighted by Crippen LogP contribution is 2.24. The van der Waals surface area contributed by atoms with Crippen LogP contribution in [0.3, 0.4) is 0 Å². The predicted molar refractivity (Wildman–Crippen MR) is 75.4 cm³/mol. The molecule has 0 spiro atoms. The average molecular weight is 350 g/mol. The molecule has 1 N–H and O–H groups in total. The fourth-order valence-corrected chi connectivity index (χ4v) is 2.08. The summed E-state index contributed by atoms with van der Waals surface area (Å²) in [4.78, 5) is 10.3. The molecule has 1 aromatic carbocycles. The topological polar surface area (TPSA) is 64.4 Å². The fraction of sp³-hybridized carbons (Fsp3) is 0.455. The SMILES string of the molecule is CCOCC(C)Nc1ccc([N+](=O)[O-])c(I)c1. The lowest BCUT2D eigenvalue weighted by Crippen LogP contribution is -2.21. The highest BCUT2D eigenvalue weighted by molar-refractivity contribution is 14.1. The van der Waals surface area contributed by atoms with E-state index >= 15 is 0 Å². The molecule has 94 valence electrons. The molecule has 1 rings (SSSR count). The second kappa shape index (κ2) is 6.75. The molecule has 0 fully saturated rings. The quantitative estimate of drug-likeness (QED) is 0.487. The number of nitro groups is 1. The van der Waals surface area contributed by atoms with Crippen LogP contribution in [0.5, 0.6) is 0 Å². The van der Waals surface area contributed by atoms with Crippen molar-refractivity contribution in [1.29, 1.82) is 0 Å². The summed E-state index contributed by atoms with van der Waals surface area (Å²) in [5.41, 5.74) is 1.00. The van der Waals surface area contributed by atoms with Crippen LogP contribution < -0.4 is 5.32 Å². The molecule has 0 aromatic heterocycles. The summed E-state index contributed by atoms with van der Waals surface area (Å²) in [6.07, 6.45) is 0. The van der Waals surface area contributed by atoms with Crippen LogP contribution in [-0.2, 0) is 4.74 Å². The highest BCUT2D eigenvalue weighted by Gasteiger charge is 2.12. The Kier molecular flexibility index (Phi) is 5.63. The predicted octanol–water partition coefficient (Wildman–Crippen LogP) is 3.04. The van der Waals surface area contributed by atoms with Crippen LogP contribution in [0.4, 0.5) is 11.4 Å². The van der Waals surface area contributed by atoms with Gasteiger partial charge in [-0.2, -0.15) is 0 Å². The van der Waals surface area contributed by atoms with Crippen molar-refractivity contribution in [2.24, 2.45) is 0 Å². The minimum Gasteiger partial charge on any atom is -0.380 e. The van der Waals surface area contributed by atoms with Gasteiger partial charge in [-0.15, -0.1) is 0 Å². The summed E-state index contributed by atoms with van der Waals surface area (Å²) in [7, 11) is 0. The molecular formula is C11H15IN2O3. The van der Waals surface area contributed by atoms with Crippen LogP contribution in [0.2, 0.25) is 0 Å². The maximum Gasteiger partial charge on any atom is 0.282 e. The lowest BCUT2D eigenvalue weighted by Gasteiger charge is -2.15. The van der Waals surface area contributed by atoms with Gasteiger partial charge in [-0.1, -0.05) is 0 Å². The maximum absolute atomic E-state index is 10.7. The number of nitrogens with one attached hydrogen (secondary N) is 1. The van der Waals surface area contributed by atoms with Gasteiger partial charge in [0.1, 0.15) is 0 Å². The van der Waals surface area contributed by atoms with E-state index in [9.17, 15) is 10.1 Å². The van der Waals surface area contributed by atoms with E-state index in [4.69, 9.17) is 4.74 Å². The minimum atomic E-state index is -0.380. The van der Waals surface area contributed by atoms with E-state index in [0.29, 0.717) is 16.8 Å². The van der Waals surface area contributed by atoms with Gasteiger partial charge in [0.2, 0.25) is 0 Å². The molecule has 1 atom stereocenters. The first-order chi connectivity index (χ1) is 8.04. The molecule has 1 aromatic rings. The summed E-state index contributed by atoms with van der Waals surface area (Å²) in [5.74, 6) is 0. The normalized spacial score (nSPS) is 12.2. The number of benzene rings is 1. The van der Waals surface area contributed by atoms with Gasteiger partial charge in [-0.3, -0.25) is 10.1 Å². The molecule has 0 aliphatic heterocycles. The first-order valence-corrected chi connectivity index (χ1v) is 6.40. The van der Waals surface area contributed by atoms with Crippen LogP contribution in [0.1, 0.15) is 13.8 Å². The Morgan fingerprint density at radius 1 is 1.59 bits per heavy atom. The molecule has 1 unspecified atom stereocenters. The molecule has 0 saturated carbocycles. The van der Waals surface area contributed by atoms with E-state index in [0.717, 1.165) is 5.69 Å². The molecule has 0 aliphatic rings. The summed E-state index contributed by atoms with van der Waals surface area (Å²) in [6, 6.07) is 5.16. The Hall–Kier alpha value is -0.890. The van der Waals surface area contributed by atoms with Crippen molar-refractivity contribution < 1.29 is 9.66 Å². The summed E-state index contributed by atoms with van der Waals surface area (Å²) >= 11 is 1.96. The third-order valence-electron chi connectivity index (χ3n) is 2.13. The van der Waals surface area contributed by atoms with Gasteiger partial charge < -0.3 is 10.1 Å². The van der Waals surface area contributed by atoms with Gasteiger partial charge >= 0.3 is 0 Å². The van der Waals surface area contributed by atoms with Crippen molar-refractivity contribution in [3.63, 3.8) is 0 Å². The standard InChI is InChI=1S/C11H15IN2O3/c1-3-17-7-8(2)13-9-4-5-11(14(15)16)10(12)6-9/h4-6,8,13H,3,7H2,1-2H3. The van der Waals surface area contributed by atoms with E-state index in [-0.39, 0.29) is 16.7 Å². The van der Waals surface area contributed by atoms with Crippen molar-refractivity contribution in [3.05, 3.63) is 31.9 Å². The number of rotatable bonds is 6. The summed E-state index contributed by atoms with van der Waals surface area (Å²) in [5, 5.41) is 13.9. The lowest BCUT2D eigenvalue weighted by atomic mass is 10.2. The van der Waals surface area contributed by atoms with Crippen LogP contribution in [0.25, 0.3) is 0 Å². The maximum atomic E-state index is 10.7. The van der Waals surface area contributed by atoms with E-state index in [1.54, 1.807) is 12.1 Å². The Bertz CT molecular complexity index is 398. The minimum absolute atomic E-state index is 0.133. The second-order valence-corrected chi connectivity index (χ2v) is 4.79. The van der Waals surface area contributed by atoms with Gasteiger partial charge in [-0.05, 0) is 48.6 Å². The van der Waals surface area contributed by atoms with Crippen LogP contribution >= 0.6 is 22.6 Å². The van der Waals surface area contributed by atoms with Crippen molar-refractivity contribution in [3.8, 4) is 0 Å². The molecule has 0 saturated heterocycles. The largest absolute Gasteiger partial charge is 0.380 e. The number of nitrogens with zero attached hydrogens (tertiary/aromatic N) is 1. The Balaban J connectivity index is 2.67. The van der Waals surface area contributed by atoms with Gasteiger partial charge in [-0.25, -0.2) is 0 Å². The second-order valence-electron chi connectivity index (χ2n) is 3.63. The van der Waals surface area contributed by atoms with Gasteiger partial charge in [0.05, 0.1) is 15.1 Å². The van der Waals surface area contributed by atoms with Crippen LogP contribution in [-0.4, -0.2) is 24.2 Å². The van der Waals surface area contributed by atoms with Crippen molar-refractivity contribution in [1.82, 2.24) is 0 Å². The van der Waals surface area contributed by atoms with Crippen molar-refractivity contribution >= 4 is 34.0 Å². The number of ether oxygens (including phenoxy) is 1. The molecule has 5 nitrogen and oxygen atoms in total. The molecule has 17 heavy (non-hydrogen) atoms. The molecule has 0 amide bonds. The smallest absolute Gasteiger partial charge is 0.282 e. The van der Waals surface area contributed by atoms with Crippen molar-refractivity contribution in [2.75, 3.05) is 18.5 Å². The zero-order valence-electron chi connectivity index (χ0n) is 9.77. The van der Waals surface area contributed by atoms with Gasteiger partial charge in [0.25, 0.3) is 5.69 Å². The number of hydrogen-bond acceptors (Lipinski definition) is 4. The molecule has 0 heterocycles. The molecule has 0 radical (unpaired) electrons. The summed E-state index contributed by atoms with van der Waals surface area (Å²) in [6.45, 7) is 5.25. The molecule has 0 aliphatic carbocycles. The lowest BCUT2D eigenvalue weighted by molar-refractivity contribution is -0.385.